The van der Waals surface area contributed by atoms with E-state index in [0.29, 0.717) is 5.69 Å². The number of nitrogens with zero attached hydrogens (tertiary/aromatic N) is 4. The van der Waals surface area contributed by atoms with Crippen LogP contribution in [0, 0.1) is 13.8 Å². The number of fused-ring (bicyclic) bond motifs is 1. The van der Waals surface area contributed by atoms with E-state index in [4.69, 9.17) is 0 Å². The van der Waals surface area contributed by atoms with Gasteiger partial charge in [-0.3, -0.25) is 14.6 Å². The molecular formula is C14H18N6O. The van der Waals surface area contributed by atoms with Crippen molar-refractivity contribution < 1.29 is 4.79 Å². The van der Waals surface area contributed by atoms with E-state index in [-0.39, 0.29) is 5.91 Å². The maximum atomic E-state index is 12.1. The highest BCUT2D eigenvalue weighted by molar-refractivity contribution is 5.95. The Hall–Kier alpha value is -2.44. The Balaban J connectivity index is 1.72. The maximum absolute atomic E-state index is 12.1. The van der Waals surface area contributed by atoms with Gasteiger partial charge in [-0.1, -0.05) is 0 Å². The van der Waals surface area contributed by atoms with Crippen LogP contribution in [0.15, 0.2) is 5.10 Å². The molecule has 2 heterocycles. The van der Waals surface area contributed by atoms with Gasteiger partial charge in [0.1, 0.15) is 0 Å². The van der Waals surface area contributed by atoms with Crippen LogP contribution in [0.2, 0.25) is 0 Å². The third-order valence-corrected chi connectivity index (χ3v) is 3.95. The predicted octanol–water partition coefficient (Wildman–Crippen LogP) is 1.01. The second kappa shape index (κ2) is 5.16. The number of hydrogen-bond acceptors (Lipinski definition) is 4. The van der Waals surface area contributed by atoms with E-state index in [1.807, 2.05) is 20.9 Å². The highest BCUT2D eigenvalue weighted by atomic mass is 16.2. The molecule has 0 radical (unpaired) electrons. The summed E-state index contributed by atoms with van der Waals surface area (Å²) in [5.74, 6) is -0.273. The van der Waals surface area contributed by atoms with Crippen molar-refractivity contribution in [2.45, 2.75) is 33.1 Å². The number of rotatable bonds is 3. The smallest absolute Gasteiger partial charge is 0.281 e. The van der Waals surface area contributed by atoms with Gasteiger partial charge in [-0.05, 0) is 33.1 Å². The first kappa shape index (κ1) is 13.5. The first-order valence-corrected chi connectivity index (χ1v) is 6.97. The molecule has 0 spiro atoms. The molecule has 3 rings (SSSR count). The molecule has 1 aliphatic rings. The number of aryl methyl sites for hydroxylation is 3. The zero-order valence-electron chi connectivity index (χ0n) is 12.4. The second-order valence-electron chi connectivity index (χ2n) is 5.29. The number of carbonyl (C=O) groups excluding carboxylic acids is 1. The number of hydrazone groups is 1. The zero-order chi connectivity index (χ0) is 15.0. The van der Waals surface area contributed by atoms with Crippen LogP contribution < -0.4 is 5.43 Å². The molecule has 2 aromatic heterocycles. The largest absolute Gasteiger partial charge is 0.292 e. The fraction of sp³-hybridized carbons (Fsp3) is 0.429. The average molecular weight is 286 g/mol. The van der Waals surface area contributed by atoms with Crippen LogP contribution in [0.4, 0.5) is 0 Å². The first-order valence-electron chi connectivity index (χ1n) is 6.97. The Bertz CT molecular complexity index is 724. The van der Waals surface area contributed by atoms with Crippen LogP contribution in [0.1, 0.15) is 45.1 Å². The Morgan fingerprint density at radius 2 is 2.24 bits per heavy atom. The minimum Gasteiger partial charge on any atom is -0.281 e. The van der Waals surface area contributed by atoms with Crippen molar-refractivity contribution in [1.82, 2.24) is 25.4 Å². The van der Waals surface area contributed by atoms with Crippen LogP contribution in [0.5, 0.6) is 0 Å². The lowest BCUT2D eigenvalue weighted by atomic mass is 10.2. The quantitative estimate of drug-likeness (QED) is 0.652. The normalized spacial score (nSPS) is 13.9. The summed E-state index contributed by atoms with van der Waals surface area (Å²) in [6.07, 6.45) is 4.57. The molecule has 0 unspecified atom stereocenters. The van der Waals surface area contributed by atoms with E-state index in [1.54, 1.807) is 10.9 Å². The minimum absolute atomic E-state index is 0.273. The lowest BCUT2D eigenvalue weighted by Crippen LogP contribution is -2.19. The average Bonchev–Trinajstić information content (AvgIpc) is 3.09. The third kappa shape index (κ3) is 2.35. The van der Waals surface area contributed by atoms with Crippen molar-refractivity contribution in [3.8, 4) is 0 Å². The number of carbonyl (C=O) groups is 1. The molecule has 7 nitrogen and oxygen atoms in total. The minimum atomic E-state index is -0.273. The molecule has 0 saturated heterocycles. The second-order valence-corrected chi connectivity index (χ2v) is 5.29. The van der Waals surface area contributed by atoms with Gasteiger partial charge in [-0.15, -0.1) is 0 Å². The van der Waals surface area contributed by atoms with Gasteiger partial charge in [0.05, 0.1) is 11.9 Å². The van der Waals surface area contributed by atoms with Crippen molar-refractivity contribution in [1.29, 1.82) is 0 Å². The lowest BCUT2D eigenvalue weighted by molar-refractivity contribution is 0.0949. The summed E-state index contributed by atoms with van der Waals surface area (Å²) < 4.78 is 1.79. The number of aromatic amines is 1. The molecule has 0 fully saturated rings. The molecule has 0 saturated carbocycles. The van der Waals surface area contributed by atoms with Gasteiger partial charge in [-0.25, -0.2) is 5.43 Å². The number of hydrogen-bond donors (Lipinski definition) is 2. The van der Waals surface area contributed by atoms with E-state index in [1.165, 1.54) is 0 Å². The molecule has 1 amide bonds. The van der Waals surface area contributed by atoms with Gasteiger partial charge in [0, 0.05) is 29.6 Å². The standard InChI is InChI=1S/C14H18N6O/c1-8-11(9(2)20(3)19-8)7-15-18-14(21)13-10-5-4-6-12(10)16-17-13/h7H,4-6H2,1-3H3,(H,16,17)(H,18,21)/b15-7-. The van der Waals surface area contributed by atoms with Gasteiger partial charge in [0.25, 0.3) is 5.91 Å². The Labute approximate surface area is 122 Å². The third-order valence-electron chi connectivity index (χ3n) is 3.95. The summed E-state index contributed by atoms with van der Waals surface area (Å²) in [7, 11) is 1.88. The molecule has 21 heavy (non-hydrogen) atoms. The van der Waals surface area contributed by atoms with Crippen molar-refractivity contribution in [2.75, 3.05) is 0 Å². The molecule has 7 heteroatoms. The monoisotopic (exact) mass is 286 g/mol. The van der Waals surface area contributed by atoms with E-state index < -0.39 is 0 Å². The van der Waals surface area contributed by atoms with Crippen LogP contribution >= 0.6 is 0 Å². The van der Waals surface area contributed by atoms with Crippen LogP contribution in [-0.2, 0) is 19.9 Å². The van der Waals surface area contributed by atoms with E-state index in [0.717, 1.165) is 47.5 Å². The molecule has 0 aromatic carbocycles. The number of H-pyrrole nitrogens is 1. The molecule has 0 atom stereocenters. The fourth-order valence-electron chi connectivity index (χ4n) is 2.69. The SMILES string of the molecule is Cc1nn(C)c(C)c1/C=N\NC(=O)c1n[nH]c2c1CCC2. The topological polar surface area (TPSA) is 88.0 Å². The summed E-state index contributed by atoms with van der Waals surface area (Å²) in [5, 5.41) is 15.3. The molecular weight excluding hydrogens is 268 g/mol. The van der Waals surface area contributed by atoms with Crippen molar-refractivity contribution in [3.63, 3.8) is 0 Å². The van der Waals surface area contributed by atoms with Crippen molar-refractivity contribution >= 4 is 12.1 Å². The maximum Gasteiger partial charge on any atom is 0.292 e. The van der Waals surface area contributed by atoms with Gasteiger partial charge < -0.3 is 0 Å². The fourth-order valence-corrected chi connectivity index (χ4v) is 2.69. The molecule has 0 aliphatic heterocycles. The lowest BCUT2D eigenvalue weighted by Gasteiger charge is -1.98. The van der Waals surface area contributed by atoms with Crippen LogP contribution in [0.3, 0.4) is 0 Å². The van der Waals surface area contributed by atoms with Crippen molar-refractivity contribution in [3.05, 3.63) is 33.9 Å². The van der Waals surface area contributed by atoms with Crippen molar-refractivity contribution in [2.24, 2.45) is 12.1 Å². The molecule has 110 valence electrons. The van der Waals surface area contributed by atoms with E-state index in [9.17, 15) is 4.79 Å². The summed E-state index contributed by atoms with van der Waals surface area (Å²) in [4.78, 5) is 12.1. The zero-order valence-corrected chi connectivity index (χ0v) is 12.4. The highest BCUT2D eigenvalue weighted by Crippen LogP contribution is 2.22. The summed E-state index contributed by atoms with van der Waals surface area (Å²) in [5.41, 5.74) is 7.90. The molecule has 2 aromatic rings. The summed E-state index contributed by atoms with van der Waals surface area (Å²) in [6.45, 7) is 3.88. The Morgan fingerprint density at radius 1 is 1.43 bits per heavy atom. The highest BCUT2D eigenvalue weighted by Gasteiger charge is 2.22. The number of nitrogens with one attached hydrogen (secondary N) is 2. The molecule has 1 aliphatic carbocycles. The summed E-state index contributed by atoms with van der Waals surface area (Å²) >= 11 is 0. The van der Waals surface area contributed by atoms with Gasteiger partial charge in [0.15, 0.2) is 5.69 Å². The van der Waals surface area contributed by atoms with Gasteiger partial charge >= 0.3 is 0 Å². The summed E-state index contributed by atoms with van der Waals surface area (Å²) in [6, 6.07) is 0. The van der Waals surface area contributed by atoms with Gasteiger partial charge in [0.2, 0.25) is 0 Å². The molecule has 0 bridgehead atoms. The first-order chi connectivity index (χ1) is 10.1. The van der Waals surface area contributed by atoms with Gasteiger partial charge in [-0.2, -0.15) is 15.3 Å². The predicted molar refractivity (Wildman–Crippen MR) is 78.4 cm³/mol. The number of amides is 1. The Kier molecular flexibility index (Phi) is 3.32. The van der Waals surface area contributed by atoms with E-state index in [2.05, 4.69) is 25.8 Å². The van der Waals surface area contributed by atoms with Crippen LogP contribution in [-0.4, -0.2) is 32.1 Å². The number of aromatic nitrogens is 4. The molecule has 2 N–H and O–H groups in total. The van der Waals surface area contributed by atoms with E-state index >= 15 is 0 Å². The Morgan fingerprint density at radius 3 is 2.95 bits per heavy atom. The van der Waals surface area contributed by atoms with Crippen LogP contribution in [0.25, 0.3) is 0 Å².